The van der Waals surface area contributed by atoms with Gasteiger partial charge in [0, 0.05) is 25.7 Å². The maximum atomic E-state index is 11.9. The summed E-state index contributed by atoms with van der Waals surface area (Å²) in [5, 5.41) is 3.23. The molecule has 1 amide bonds. The zero-order chi connectivity index (χ0) is 13.6. The molecule has 1 heterocycles. The van der Waals surface area contributed by atoms with E-state index in [-0.39, 0.29) is 35.9 Å². The highest BCUT2D eigenvalue weighted by Gasteiger charge is 2.24. The van der Waals surface area contributed by atoms with Crippen molar-refractivity contribution in [3.63, 3.8) is 0 Å². The molecule has 1 unspecified atom stereocenters. The second-order valence-electron chi connectivity index (χ2n) is 4.99. The summed E-state index contributed by atoms with van der Waals surface area (Å²) in [5.74, 6) is -0.447. The van der Waals surface area contributed by atoms with Crippen molar-refractivity contribution in [1.29, 1.82) is 0 Å². The van der Waals surface area contributed by atoms with Crippen molar-refractivity contribution in [3.05, 3.63) is 0 Å². The van der Waals surface area contributed by atoms with Crippen LogP contribution >= 0.6 is 12.4 Å². The van der Waals surface area contributed by atoms with Gasteiger partial charge in [-0.3, -0.25) is 4.79 Å². The molecule has 19 heavy (non-hydrogen) atoms. The first kappa shape index (κ1) is 18.7. The van der Waals surface area contributed by atoms with Crippen LogP contribution in [0.1, 0.15) is 33.1 Å². The molecular weight excluding hydrogens is 288 g/mol. The number of carbonyl (C=O) groups excluding carboxylic acids is 1. The molecule has 1 rings (SSSR count). The van der Waals surface area contributed by atoms with E-state index in [0.29, 0.717) is 19.5 Å². The van der Waals surface area contributed by atoms with E-state index in [9.17, 15) is 13.2 Å². The fourth-order valence-corrected chi connectivity index (χ4v) is 3.43. The second kappa shape index (κ2) is 8.76. The van der Waals surface area contributed by atoms with E-state index in [2.05, 4.69) is 5.32 Å². The fourth-order valence-electron chi connectivity index (χ4n) is 2.08. The van der Waals surface area contributed by atoms with Gasteiger partial charge in [0.1, 0.15) is 5.75 Å². The molecule has 1 fully saturated rings. The van der Waals surface area contributed by atoms with Gasteiger partial charge in [-0.2, -0.15) is 0 Å². The number of rotatable bonds is 6. The van der Waals surface area contributed by atoms with Crippen LogP contribution < -0.4 is 5.32 Å². The van der Waals surface area contributed by atoms with Crippen LogP contribution in [0.15, 0.2) is 0 Å². The zero-order valence-corrected chi connectivity index (χ0v) is 13.4. The van der Waals surface area contributed by atoms with Gasteiger partial charge in [0.2, 0.25) is 5.91 Å². The van der Waals surface area contributed by atoms with Gasteiger partial charge in [-0.1, -0.05) is 19.8 Å². The van der Waals surface area contributed by atoms with Gasteiger partial charge >= 0.3 is 0 Å². The molecule has 0 aliphatic carbocycles. The molecule has 0 aromatic carbocycles. The van der Waals surface area contributed by atoms with Gasteiger partial charge in [0.15, 0.2) is 9.84 Å². The summed E-state index contributed by atoms with van der Waals surface area (Å²) in [6.07, 6.45) is 2.54. The van der Waals surface area contributed by atoms with Gasteiger partial charge in [-0.15, -0.1) is 12.4 Å². The van der Waals surface area contributed by atoms with Gasteiger partial charge in [-0.05, 0) is 13.3 Å². The molecule has 1 aliphatic rings. The summed E-state index contributed by atoms with van der Waals surface area (Å²) in [6.45, 7) is 5.97. The number of piperazine rings is 1. The molecule has 0 spiro atoms. The van der Waals surface area contributed by atoms with Crippen molar-refractivity contribution in [3.8, 4) is 0 Å². The highest BCUT2D eigenvalue weighted by atomic mass is 35.5. The Kier molecular flexibility index (Phi) is 8.61. The highest BCUT2D eigenvalue weighted by molar-refractivity contribution is 7.92. The van der Waals surface area contributed by atoms with Crippen molar-refractivity contribution in [2.24, 2.45) is 0 Å². The van der Waals surface area contributed by atoms with E-state index in [0.717, 1.165) is 19.4 Å². The van der Waals surface area contributed by atoms with Gasteiger partial charge in [0.25, 0.3) is 0 Å². The number of hydrogen-bond donors (Lipinski definition) is 1. The Labute approximate surface area is 122 Å². The number of carbonyl (C=O) groups is 1. The summed E-state index contributed by atoms with van der Waals surface area (Å²) in [7, 11) is -3.23. The Morgan fingerprint density at radius 1 is 1.37 bits per heavy atom. The minimum atomic E-state index is -3.23. The second-order valence-corrected chi connectivity index (χ2v) is 7.18. The molecular formula is C12H25ClN2O3S. The third-order valence-corrected chi connectivity index (χ3v) is 4.72. The molecule has 1 N–H and O–H groups in total. The SMILES string of the molecule is CCCCCS(=O)(=O)CC(=O)N1CCNC(C)C1.Cl. The van der Waals surface area contributed by atoms with Crippen molar-refractivity contribution in [2.45, 2.75) is 39.2 Å². The quantitative estimate of drug-likeness (QED) is 0.738. The summed E-state index contributed by atoms with van der Waals surface area (Å²) < 4.78 is 23.6. The van der Waals surface area contributed by atoms with Crippen LogP contribution in [-0.4, -0.2) is 56.4 Å². The van der Waals surface area contributed by atoms with Crippen molar-refractivity contribution in [2.75, 3.05) is 31.1 Å². The Balaban J connectivity index is 0.00000324. The van der Waals surface area contributed by atoms with E-state index in [1.807, 2.05) is 13.8 Å². The molecule has 5 nitrogen and oxygen atoms in total. The molecule has 7 heteroatoms. The van der Waals surface area contributed by atoms with Crippen molar-refractivity contribution in [1.82, 2.24) is 10.2 Å². The lowest BCUT2D eigenvalue weighted by atomic mass is 10.2. The number of halogens is 1. The Morgan fingerprint density at radius 3 is 2.63 bits per heavy atom. The smallest absolute Gasteiger partial charge is 0.237 e. The number of unbranched alkanes of at least 4 members (excludes halogenated alkanes) is 2. The highest BCUT2D eigenvalue weighted by Crippen LogP contribution is 2.04. The van der Waals surface area contributed by atoms with Gasteiger partial charge < -0.3 is 10.2 Å². The Bertz CT molecular complexity index is 373. The lowest BCUT2D eigenvalue weighted by Gasteiger charge is -2.31. The molecule has 0 aromatic heterocycles. The Morgan fingerprint density at radius 2 is 2.05 bits per heavy atom. The van der Waals surface area contributed by atoms with E-state index in [1.54, 1.807) is 4.90 Å². The minimum absolute atomic E-state index is 0. The number of nitrogens with zero attached hydrogens (tertiary/aromatic N) is 1. The molecule has 0 saturated carbocycles. The average molecular weight is 313 g/mol. The third-order valence-electron chi connectivity index (χ3n) is 3.12. The summed E-state index contributed by atoms with van der Waals surface area (Å²) >= 11 is 0. The van der Waals surface area contributed by atoms with Crippen LogP contribution in [-0.2, 0) is 14.6 Å². The van der Waals surface area contributed by atoms with Crippen molar-refractivity contribution >= 4 is 28.2 Å². The fraction of sp³-hybridized carbons (Fsp3) is 0.917. The van der Waals surface area contributed by atoms with Crippen LogP contribution in [0.5, 0.6) is 0 Å². The third kappa shape index (κ3) is 7.13. The number of sulfone groups is 1. The summed E-state index contributed by atoms with van der Waals surface area (Å²) in [4.78, 5) is 13.6. The minimum Gasteiger partial charge on any atom is -0.339 e. The van der Waals surface area contributed by atoms with E-state index < -0.39 is 9.84 Å². The lowest BCUT2D eigenvalue weighted by molar-refractivity contribution is -0.129. The van der Waals surface area contributed by atoms with E-state index >= 15 is 0 Å². The summed E-state index contributed by atoms with van der Waals surface area (Å²) in [5.41, 5.74) is 0. The zero-order valence-electron chi connectivity index (χ0n) is 11.7. The first-order valence-corrected chi connectivity index (χ1v) is 8.48. The molecule has 0 bridgehead atoms. The summed E-state index contributed by atoms with van der Waals surface area (Å²) in [6, 6.07) is 0.241. The normalized spacial score (nSPS) is 19.9. The van der Waals surface area contributed by atoms with Crippen LogP contribution in [0, 0.1) is 0 Å². The number of nitrogens with one attached hydrogen (secondary N) is 1. The Hall–Kier alpha value is -0.330. The largest absolute Gasteiger partial charge is 0.339 e. The van der Waals surface area contributed by atoms with Crippen molar-refractivity contribution < 1.29 is 13.2 Å². The van der Waals surface area contributed by atoms with Crippen LogP contribution in [0.4, 0.5) is 0 Å². The standard InChI is InChI=1S/C12H24N2O3S.ClH/c1-3-4-5-8-18(16,17)10-12(15)14-7-6-13-11(2)9-14;/h11,13H,3-10H2,1-2H3;1H. The van der Waals surface area contributed by atoms with Crippen LogP contribution in [0.3, 0.4) is 0 Å². The molecule has 1 atom stereocenters. The van der Waals surface area contributed by atoms with Gasteiger partial charge in [0.05, 0.1) is 5.75 Å². The first-order chi connectivity index (χ1) is 8.44. The van der Waals surface area contributed by atoms with E-state index in [4.69, 9.17) is 0 Å². The van der Waals surface area contributed by atoms with Crippen LogP contribution in [0.25, 0.3) is 0 Å². The molecule has 0 radical (unpaired) electrons. The van der Waals surface area contributed by atoms with E-state index in [1.165, 1.54) is 0 Å². The molecule has 0 aromatic rings. The first-order valence-electron chi connectivity index (χ1n) is 6.66. The maximum absolute atomic E-state index is 11.9. The topological polar surface area (TPSA) is 66.5 Å². The van der Waals surface area contributed by atoms with Crippen LogP contribution in [0.2, 0.25) is 0 Å². The average Bonchev–Trinajstić information content (AvgIpc) is 2.28. The monoisotopic (exact) mass is 312 g/mol. The molecule has 1 aliphatic heterocycles. The molecule has 114 valence electrons. The lowest BCUT2D eigenvalue weighted by Crippen LogP contribution is -2.52. The maximum Gasteiger partial charge on any atom is 0.237 e. The van der Waals surface area contributed by atoms with Gasteiger partial charge in [-0.25, -0.2) is 8.42 Å². The molecule has 1 saturated heterocycles. The number of amides is 1. The number of hydrogen-bond acceptors (Lipinski definition) is 4. The predicted octanol–water partition coefficient (Wildman–Crippen LogP) is 0.833. The predicted molar refractivity (Wildman–Crippen MR) is 79.5 cm³/mol.